The highest BCUT2D eigenvalue weighted by Gasteiger charge is 2.29. The molecular formula is C10H8ClNO3S. The van der Waals surface area contributed by atoms with Gasteiger partial charge < -0.3 is 5.11 Å². The van der Waals surface area contributed by atoms with Gasteiger partial charge in [0.2, 0.25) is 0 Å². The number of carboxylic acid groups (broad SMARTS) is 1. The Balaban J connectivity index is 2.47. The number of rotatable bonds is 0. The van der Waals surface area contributed by atoms with Crippen molar-refractivity contribution in [1.29, 1.82) is 0 Å². The van der Waals surface area contributed by atoms with Crippen LogP contribution in [0.25, 0.3) is 0 Å². The monoisotopic (exact) mass is 257 g/mol. The molecule has 0 atom stereocenters. The van der Waals surface area contributed by atoms with E-state index in [4.69, 9.17) is 16.7 Å². The van der Waals surface area contributed by atoms with Gasteiger partial charge in [-0.3, -0.25) is 9.69 Å². The third-order valence-corrected chi connectivity index (χ3v) is 3.55. The summed E-state index contributed by atoms with van der Waals surface area (Å²) in [6.45, 7) is 0.368. The summed E-state index contributed by atoms with van der Waals surface area (Å²) in [5.41, 5.74) is 0.507. The minimum absolute atomic E-state index is 0.368. The zero-order chi connectivity index (χ0) is 11.7. The number of fused-ring (bicyclic) bond motifs is 1. The van der Waals surface area contributed by atoms with Crippen LogP contribution in [-0.2, 0) is 9.59 Å². The summed E-state index contributed by atoms with van der Waals surface area (Å²) in [5.74, 6) is -1.72. The fourth-order valence-corrected chi connectivity index (χ4v) is 2.91. The van der Waals surface area contributed by atoms with Crippen molar-refractivity contribution in [2.45, 2.75) is 4.90 Å². The van der Waals surface area contributed by atoms with Gasteiger partial charge in [0.15, 0.2) is 0 Å². The molecular weight excluding hydrogens is 250 g/mol. The zero-order valence-electron chi connectivity index (χ0n) is 8.14. The van der Waals surface area contributed by atoms with Gasteiger partial charge in [-0.05, 0) is 12.1 Å². The lowest BCUT2D eigenvalue weighted by Crippen LogP contribution is -2.40. The Morgan fingerprint density at radius 2 is 2.19 bits per heavy atom. The third kappa shape index (κ3) is 1.88. The molecule has 16 heavy (non-hydrogen) atoms. The largest absolute Gasteiger partial charge is 0.474 e. The van der Waals surface area contributed by atoms with Crippen molar-refractivity contribution in [1.82, 2.24) is 0 Å². The van der Waals surface area contributed by atoms with Crippen molar-refractivity contribution in [3.8, 4) is 0 Å². The van der Waals surface area contributed by atoms with E-state index >= 15 is 0 Å². The van der Waals surface area contributed by atoms with E-state index in [2.05, 4.69) is 0 Å². The summed E-state index contributed by atoms with van der Waals surface area (Å²) in [7, 11) is 0. The molecule has 0 radical (unpaired) electrons. The van der Waals surface area contributed by atoms with Crippen LogP contribution in [0.4, 0.5) is 5.69 Å². The number of nitrogens with zero attached hydrogens (tertiary/aromatic N) is 1. The van der Waals surface area contributed by atoms with Crippen LogP contribution in [0.5, 0.6) is 0 Å². The molecule has 1 aromatic rings. The average molecular weight is 258 g/mol. The second-order valence-electron chi connectivity index (χ2n) is 3.20. The molecule has 1 aliphatic heterocycles. The number of amides is 1. The van der Waals surface area contributed by atoms with Crippen molar-refractivity contribution in [2.75, 3.05) is 17.2 Å². The maximum atomic E-state index is 11.5. The second kappa shape index (κ2) is 4.35. The van der Waals surface area contributed by atoms with Crippen LogP contribution in [0, 0.1) is 0 Å². The van der Waals surface area contributed by atoms with E-state index in [0.29, 0.717) is 23.0 Å². The van der Waals surface area contributed by atoms with E-state index in [1.807, 2.05) is 6.07 Å². The molecule has 1 aliphatic rings. The number of para-hydroxylation sites is 1. The quantitative estimate of drug-likeness (QED) is 0.721. The van der Waals surface area contributed by atoms with E-state index in [-0.39, 0.29) is 0 Å². The Bertz CT molecular complexity index is 463. The molecule has 1 aromatic carbocycles. The molecule has 6 heteroatoms. The van der Waals surface area contributed by atoms with E-state index in [9.17, 15) is 9.59 Å². The number of carboxylic acids is 1. The van der Waals surface area contributed by atoms with Crippen LogP contribution >= 0.6 is 23.4 Å². The van der Waals surface area contributed by atoms with Crippen LogP contribution in [0.2, 0.25) is 5.02 Å². The van der Waals surface area contributed by atoms with Crippen molar-refractivity contribution in [3.05, 3.63) is 23.2 Å². The van der Waals surface area contributed by atoms with E-state index in [1.54, 1.807) is 23.9 Å². The highest BCUT2D eigenvalue weighted by atomic mass is 35.5. The van der Waals surface area contributed by atoms with Gasteiger partial charge in [0.05, 0.1) is 10.7 Å². The lowest BCUT2D eigenvalue weighted by molar-refractivity contribution is -0.148. The fraction of sp³-hybridized carbons (Fsp3) is 0.200. The van der Waals surface area contributed by atoms with Crippen LogP contribution < -0.4 is 4.90 Å². The fourth-order valence-electron chi connectivity index (χ4n) is 1.55. The molecule has 4 nitrogen and oxygen atoms in total. The van der Waals surface area contributed by atoms with Gasteiger partial charge in [0, 0.05) is 17.2 Å². The molecule has 0 spiro atoms. The van der Waals surface area contributed by atoms with Gasteiger partial charge in [0.1, 0.15) is 0 Å². The molecule has 0 aromatic heterocycles. The van der Waals surface area contributed by atoms with Gasteiger partial charge in [0.25, 0.3) is 0 Å². The summed E-state index contributed by atoms with van der Waals surface area (Å²) in [5, 5.41) is 9.11. The first-order chi connectivity index (χ1) is 7.61. The van der Waals surface area contributed by atoms with Crippen molar-refractivity contribution in [3.63, 3.8) is 0 Å². The second-order valence-corrected chi connectivity index (χ2v) is 4.74. The normalized spacial score (nSPS) is 14.4. The minimum atomic E-state index is -1.46. The van der Waals surface area contributed by atoms with E-state index in [0.717, 1.165) is 4.90 Å². The molecule has 0 saturated carbocycles. The summed E-state index contributed by atoms with van der Waals surface area (Å²) in [4.78, 5) is 24.2. The number of hydrogen-bond acceptors (Lipinski definition) is 3. The lowest BCUT2D eigenvalue weighted by Gasteiger charge is -2.28. The van der Waals surface area contributed by atoms with Crippen LogP contribution in [0.3, 0.4) is 0 Å². The molecule has 0 aliphatic carbocycles. The Kier molecular flexibility index (Phi) is 3.07. The Labute approximate surface area is 101 Å². The number of hydrogen-bond donors (Lipinski definition) is 1. The van der Waals surface area contributed by atoms with Gasteiger partial charge in [-0.1, -0.05) is 17.7 Å². The van der Waals surface area contributed by atoms with Crippen molar-refractivity contribution < 1.29 is 14.7 Å². The smallest absolute Gasteiger partial charge is 0.394 e. The lowest BCUT2D eigenvalue weighted by atomic mass is 10.2. The predicted octanol–water partition coefficient (Wildman–Crippen LogP) is 1.86. The molecule has 1 amide bonds. The molecule has 2 rings (SSSR count). The van der Waals surface area contributed by atoms with Gasteiger partial charge in [-0.2, -0.15) is 0 Å². The predicted molar refractivity (Wildman–Crippen MR) is 62.2 cm³/mol. The average Bonchev–Trinajstić information content (AvgIpc) is 2.27. The molecule has 0 fully saturated rings. The summed E-state index contributed by atoms with van der Waals surface area (Å²) < 4.78 is 0. The summed E-state index contributed by atoms with van der Waals surface area (Å²) in [6.07, 6.45) is 0. The van der Waals surface area contributed by atoms with Crippen LogP contribution in [0.1, 0.15) is 0 Å². The van der Waals surface area contributed by atoms with Crippen LogP contribution in [0.15, 0.2) is 23.1 Å². The number of benzene rings is 1. The maximum Gasteiger partial charge on any atom is 0.394 e. The summed E-state index contributed by atoms with van der Waals surface area (Å²) >= 11 is 7.55. The first-order valence-electron chi connectivity index (χ1n) is 4.57. The number of anilines is 1. The van der Waals surface area contributed by atoms with Crippen molar-refractivity contribution in [2.24, 2.45) is 0 Å². The summed E-state index contributed by atoms with van der Waals surface area (Å²) in [6, 6.07) is 5.25. The molecule has 0 bridgehead atoms. The molecule has 84 valence electrons. The highest BCUT2D eigenvalue weighted by Crippen LogP contribution is 2.39. The minimum Gasteiger partial charge on any atom is -0.474 e. The molecule has 1 heterocycles. The third-order valence-electron chi connectivity index (χ3n) is 2.22. The number of carbonyl (C=O) groups excluding carboxylic acids is 1. The topological polar surface area (TPSA) is 57.6 Å². The zero-order valence-corrected chi connectivity index (χ0v) is 9.72. The standard InChI is InChI=1S/C10H8ClNO3S/c11-6-2-1-3-7-8(6)12(4-5-16-7)9(13)10(14)15/h1-3H,4-5H2,(H,14,15). The first kappa shape index (κ1) is 11.3. The van der Waals surface area contributed by atoms with Crippen LogP contribution in [-0.4, -0.2) is 29.3 Å². The molecule has 1 N–H and O–H groups in total. The SMILES string of the molecule is O=C(O)C(=O)N1CCSc2cccc(Cl)c21. The Hall–Kier alpha value is -1.20. The molecule has 0 saturated heterocycles. The van der Waals surface area contributed by atoms with Crippen molar-refractivity contribution >= 4 is 40.9 Å². The number of halogens is 1. The number of thioether (sulfide) groups is 1. The number of aliphatic carboxylic acids is 1. The van der Waals surface area contributed by atoms with E-state index in [1.165, 1.54) is 4.90 Å². The van der Waals surface area contributed by atoms with Gasteiger partial charge in [-0.15, -0.1) is 11.8 Å². The maximum absolute atomic E-state index is 11.5. The van der Waals surface area contributed by atoms with Gasteiger partial charge in [-0.25, -0.2) is 4.79 Å². The Morgan fingerprint density at radius 1 is 1.44 bits per heavy atom. The van der Waals surface area contributed by atoms with Gasteiger partial charge >= 0.3 is 11.9 Å². The molecule has 0 unspecified atom stereocenters. The number of carbonyl (C=O) groups is 2. The highest BCUT2D eigenvalue weighted by molar-refractivity contribution is 7.99. The Morgan fingerprint density at radius 3 is 2.88 bits per heavy atom. The van der Waals surface area contributed by atoms with E-state index < -0.39 is 11.9 Å². The first-order valence-corrected chi connectivity index (χ1v) is 5.93.